The molecule has 7 heteroatoms. The number of hydrogen-bond donors (Lipinski definition) is 1. The van der Waals surface area contributed by atoms with Gasteiger partial charge in [0.2, 0.25) is 5.91 Å². The summed E-state index contributed by atoms with van der Waals surface area (Å²) < 4.78 is 22.5. The highest BCUT2D eigenvalue weighted by Crippen LogP contribution is 2.01. The number of nitrogens with one attached hydrogen (secondary N) is 1. The molecule has 1 aliphatic heterocycles. The predicted octanol–water partition coefficient (Wildman–Crippen LogP) is -0.337. The van der Waals surface area contributed by atoms with Crippen molar-refractivity contribution in [1.29, 1.82) is 0 Å². The van der Waals surface area contributed by atoms with Crippen LogP contribution in [0, 0.1) is 0 Å². The van der Waals surface area contributed by atoms with E-state index in [4.69, 9.17) is 0 Å². The minimum Gasteiger partial charge on any atom is -0.339 e. The van der Waals surface area contributed by atoms with Crippen LogP contribution in [-0.4, -0.2) is 56.4 Å². The number of amides is 1. The standard InChI is InChI=1S/C9H18N2O3S.ClH/c1-3-15(13,14)7-9(12)11-5-4-10-8(2)6-11;/h8,10H,3-7H2,1-2H3;1H/t8-;/m0./s1. The number of carbonyl (C=O) groups excluding carboxylic acids is 1. The molecule has 1 amide bonds. The molecular formula is C9H19ClN2O3S. The second-order valence-corrected chi connectivity index (χ2v) is 6.22. The summed E-state index contributed by atoms with van der Waals surface area (Å²) in [7, 11) is -3.20. The maximum atomic E-state index is 11.6. The van der Waals surface area contributed by atoms with Gasteiger partial charge in [0.1, 0.15) is 5.75 Å². The average Bonchev–Trinajstić information content (AvgIpc) is 2.17. The van der Waals surface area contributed by atoms with Crippen molar-refractivity contribution in [2.24, 2.45) is 0 Å². The van der Waals surface area contributed by atoms with E-state index in [1.807, 2.05) is 6.92 Å². The molecule has 16 heavy (non-hydrogen) atoms. The molecule has 0 unspecified atom stereocenters. The van der Waals surface area contributed by atoms with Gasteiger partial charge < -0.3 is 10.2 Å². The van der Waals surface area contributed by atoms with E-state index in [0.717, 1.165) is 6.54 Å². The fourth-order valence-corrected chi connectivity index (χ4v) is 2.30. The van der Waals surface area contributed by atoms with E-state index in [9.17, 15) is 13.2 Å². The van der Waals surface area contributed by atoms with Crippen LogP contribution >= 0.6 is 12.4 Å². The van der Waals surface area contributed by atoms with E-state index in [-0.39, 0.29) is 35.9 Å². The van der Waals surface area contributed by atoms with Gasteiger partial charge in [-0.25, -0.2) is 8.42 Å². The lowest BCUT2D eigenvalue weighted by atomic mass is 10.2. The van der Waals surface area contributed by atoms with Gasteiger partial charge in [-0.1, -0.05) is 6.92 Å². The van der Waals surface area contributed by atoms with E-state index in [1.165, 1.54) is 0 Å². The van der Waals surface area contributed by atoms with Crippen molar-refractivity contribution >= 4 is 28.2 Å². The topological polar surface area (TPSA) is 66.5 Å². The Hall–Kier alpha value is -0.330. The Kier molecular flexibility index (Phi) is 6.28. The van der Waals surface area contributed by atoms with Gasteiger partial charge in [0.15, 0.2) is 9.84 Å². The minimum absolute atomic E-state index is 0. The Morgan fingerprint density at radius 1 is 1.50 bits per heavy atom. The van der Waals surface area contributed by atoms with Gasteiger partial charge >= 0.3 is 0 Å². The molecule has 1 N–H and O–H groups in total. The predicted molar refractivity (Wildman–Crippen MR) is 65.6 cm³/mol. The molecule has 1 aliphatic rings. The van der Waals surface area contributed by atoms with Gasteiger partial charge in [-0.15, -0.1) is 12.4 Å². The molecule has 0 spiro atoms. The smallest absolute Gasteiger partial charge is 0.237 e. The molecule has 1 rings (SSSR count). The molecule has 0 aromatic heterocycles. The zero-order valence-corrected chi connectivity index (χ0v) is 11.2. The van der Waals surface area contributed by atoms with Crippen LogP contribution in [0.4, 0.5) is 0 Å². The summed E-state index contributed by atoms with van der Waals surface area (Å²) in [5.74, 6) is -0.596. The third-order valence-corrected chi connectivity index (χ3v) is 4.07. The minimum atomic E-state index is -3.20. The molecule has 1 saturated heterocycles. The Bertz CT molecular complexity index is 332. The van der Waals surface area contributed by atoms with E-state index < -0.39 is 9.84 Å². The van der Waals surface area contributed by atoms with Crippen molar-refractivity contribution in [2.45, 2.75) is 19.9 Å². The molecule has 1 heterocycles. The molecular weight excluding hydrogens is 252 g/mol. The summed E-state index contributed by atoms with van der Waals surface area (Å²) in [5, 5.41) is 3.20. The zero-order chi connectivity index (χ0) is 11.5. The van der Waals surface area contributed by atoms with Crippen LogP contribution in [0.5, 0.6) is 0 Å². The van der Waals surface area contributed by atoms with Crippen molar-refractivity contribution in [3.8, 4) is 0 Å². The number of carbonyl (C=O) groups is 1. The Morgan fingerprint density at radius 2 is 2.12 bits per heavy atom. The summed E-state index contributed by atoms with van der Waals surface area (Å²) in [6.07, 6.45) is 0. The Morgan fingerprint density at radius 3 is 2.62 bits per heavy atom. The highest BCUT2D eigenvalue weighted by atomic mass is 35.5. The molecule has 0 saturated carbocycles. The van der Waals surface area contributed by atoms with Gasteiger partial charge in [-0.05, 0) is 6.92 Å². The molecule has 0 aliphatic carbocycles. The summed E-state index contributed by atoms with van der Waals surface area (Å²) in [5.41, 5.74) is 0. The molecule has 1 fully saturated rings. The summed E-state index contributed by atoms with van der Waals surface area (Å²) in [6.45, 7) is 5.47. The first-order valence-corrected chi connectivity index (χ1v) is 6.98. The number of piperazine rings is 1. The van der Waals surface area contributed by atoms with Gasteiger partial charge in [0.25, 0.3) is 0 Å². The average molecular weight is 271 g/mol. The van der Waals surface area contributed by atoms with Crippen molar-refractivity contribution in [3.63, 3.8) is 0 Å². The van der Waals surface area contributed by atoms with E-state index in [0.29, 0.717) is 13.1 Å². The molecule has 0 radical (unpaired) electrons. The van der Waals surface area contributed by atoms with Crippen LogP contribution in [-0.2, 0) is 14.6 Å². The molecule has 0 aromatic rings. The number of sulfone groups is 1. The van der Waals surface area contributed by atoms with Crippen molar-refractivity contribution in [1.82, 2.24) is 10.2 Å². The maximum absolute atomic E-state index is 11.6. The van der Waals surface area contributed by atoms with Crippen LogP contribution in [0.25, 0.3) is 0 Å². The van der Waals surface area contributed by atoms with Gasteiger partial charge in [0.05, 0.1) is 0 Å². The van der Waals surface area contributed by atoms with E-state index in [1.54, 1.807) is 11.8 Å². The Balaban J connectivity index is 0.00000225. The highest BCUT2D eigenvalue weighted by Gasteiger charge is 2.23. The molecule has 1 atom stereocenters. The first-order chi connectivity index (χ1) is 6.94. The first kappa shape index (κ1) is 15.7. The monoisotopic (exact) mass is 270 g/mol. The number of hydrogen-bond acceptors (Lipinski definition) is 4. The second-order valence-electron chi connectivity index (χ2n) is 3.87. The lowest BCUT2D eigenvalue weighted by Crippen LogP contribution is -2.52. The SMILES string of the molecule is CCS(=O)(=O)CC(=O)N1CCN[C@@H](C)C1.Cl. The molecule has 96 valence electrons. The zero-order valence-electron chi connectivity index (χ0n) is 9.60. The summed E-state index contributed by atoms with van der Waals surface area (Å²) in [4.78, 5) is 13.3. The summed E-state index contributed by atoms with van der Waals surface area (Å²) in [6, 6.07) is 0.243. The lowest BCUT2D eigenvalue weighted by Gasteiger charge is -2.31. The van der Waals surface area contributed by atoms with Crippen LogP contribution in [0.2, 0.25) is 0 Å². The molecule has 0 bridgehead atoms. The van der Waals surface area contributed by atoms with Gasteiger partial charge in [-0.2, -0.15) is 0 Å². The first-order valence-electron chi connectivity index (χ1n) is 5.16. The summed E-state index contributed by atoms with van der Waals surface area (Å²) >= 11 is 0. The van der Waals surface area contributed by atoms with Crippen molar-refractivity contribution in [2.75, 3.05) is 31.1 Å². The third kappa shape index (κ3) is 4.67. The van der Waals surface area contributed by atoms with Gasteiger partial charge in [0, 0.05) is 31.4 Å². The van der Waals surface area contributed by atoms with Crippen LogP contribution in [0.1, 0.15) is 13.8 Å². The van der Waals surface area contributed by atoms with Crippen molar-refractivity contribution < 1.29 is 13.2 Å². The number of nitrogens with zero attached hydrogens (tertiary/aromatic N) is 1. The maximum Gasteiger partial charge on any atom is 0.237 e. The lowest BCUT2D eigenvalue weighted by molar-refractivity contribution is -0.129. The van der Waals surface area contributed by atoms with E-state index >= 15 is 0 Å². The quantitative estimate of drug-likeness (QED) is 0.762. The fourth-order valence-electron chi connectivity index (χ4n) is 1.54. The fraction of sp³-hybridized carbons (Fsp3) is 0.889. The second kappa shape index (κ2) is 6.42. The highest BCUT2D eigenvalue weighted by molar-refractivity contribution is 7.92. The van der Waals surface area contributed by atoms with Crippen LogP contribution < -0.4 is 5.32 Å². The largest absolute Gasteiger partial charge is 0.339 e. The number of rotatable bonds is 3. The molecule has 0 aromatic carbocycles. The van der Waals surface area contributed by atoms with Crippen molar-refractivity contribution in [3.05, 3.63) is 0 Å². The number of halogens is 1. The van der Waals surface area contributed by atoms with E-state index in [2.05, 4.69) is 5.32 Å². The Labute approximate surface area is 103 Å². The van der Waals surface area contributed by atoms with Crippen LogP contribution in [0.15, 0.2) is 0 Å². The third-order valence-electron chi connectivity index (χ3n) is 2.50. The van der Waals surface area contributed by atoms with Crippen LogP contribution in [0.3, 0.4) is 0 Å². The van der Waals surface area contributed by atoms with Gasteiger partial charge in [-0.3, -0.25) is 4.79 Å². The normalized spacial score (nSPS) is 21.4. The molecule has 5 nitrogen and oxygen atoms in total.